The Balaban J connectivity index is 1.70. The summed E-state index contributed by atoms with van der Waals surface area (Å²) >= 11 is 0. The molecule has 1 aromatic heterocycles. The largest absolute Gasteiger partial charge is 0.487 e. The van der Waals surface area contributed by atoms with Crippen molar-refractivity contribution >= 4 is 17.3 Å². The molecule has 0 radical (unpaired) electrons. The average molecular weight is 406 g/mol. The standard InChI is InChI=1S/C24H23FN2O3/c1-27(18-7-4-6-17(14-18)24(28)29)21-10-5-13-26-23(21)16-11-12-20(25)22(15-16)30-19-8-2-3-9-19/h4-7,10-15,19H,2-3,8-9H2,1H3,(H,28,29). The number of pyridine rings is 1. The minimum atomic E-state index is -0.983. The van der Waals surface area contributed by atoms with Gasteiger partial charge in [-0.15, -0.1) is 0 Å². The monoisotopic (exact) mass is 406 g/mol. The zero-order valence-corrected chi connectivity index (χ0v) is 16.7. The van der Waals surface area contributed by atoms with E-state index in [0.29, 0.717) is 11.4 Å². The van der Waals surface area contributed by atoms with E-state index in [0.717, 1.165) is 36.9 Å². The number of hydrogen-bond acceptors (Lipinski definition) is 4. The van der Waals surface area contributed by atoms with Crippen LogP contribution in [0, 0.1) is 5.82 Å². The van der Waals surface area contributed by atoms with Crippen LogP contribution in [0.1, 0.15) is 36.0 Å². The van der Waals surface area contributed by atoms with E-state index < -0.39 is 5.97 Å². The van der Waals surface area contributed by atoms with Crippen LogP contribution in [-0.4, -0.2) is 29.2 Å². The normalized spacial score (nSPS) is 13.9. The molecule has 3 aromatic rings. The number of carboxylic acid groups (broad SMARTS) is 1. The lowest BCUT2D eigenvalue weighted by Gasteiger charge is -2.23. The molecule has 1 N–H and O–H groups in total. The van der Waals surface area contributed by atoms with Gasteiger partial charge in [0.15, 0.2) is 11.6 Å². The third-order valence-corrected chi connectivity index (χ3v) is 5.43. The van der Waals surface area contributed by atoms with E-state index in [2.05, 4.69) is 4.98 Å². The lowest BCUT2D eigenvalue weighted by molar-refractivity contribution is 0.0697. The molecule has 5 nitrogen and oxygen atoms in total. The van der Waals surface area contributed by atoms with E-state index in [9.17, 15) is 14.3 Å². The molecular formula is C24H23FN2O3. The first-order chi connectivity index (χ1) is 14.5. The first kappa shape index (κ1) is 19.9. The fourth-order valence-electron chi connectivity index (χ4n) is 3.80. The summed E-state index contributed by atoms with van der Waals surface area (Å²) in [5.74, 6) is -1.12. The maximum atomic E-state index is 14.4. The number of halogens is 1. The van der Waals surface area contributed by atoms with Crippen molar-refractivity contribution in [1.82, 2.24) is 4.98 Å². The molecule has 0 aliphatic heterocycles. The number of carboxylic acids is 1. The van der Waals surface area contributed by atoms with Gasteiger partial charge >= 0.3 is 5.97 Å². The topological polar surface area (TPSA) is 62.7 Å². The Morgan fingerprint density at radius 2 is 1.93 bits per heavy atom. The van der Waals surface area contributed by atoms with Crippen molar-refractivity contribution in [3.63, 3.8) is 0 Å². The van der Waals surface area contributed by atoms with Crippen molar-refractivity contribution in [3.05, 3.63) is 72.2 Å². The number of rotatable bonds is 6. The number of anilines is 2. The molecule has 1 saturated carbocycles. The third-order valence-electron chi connectivity index (χ3n) is 5.43. The molecule has 1 fully saturated rings. The van der Waals surface area contributed by atoms with Gasteiger partial charge in [-0.05, 0) is 74.2 Å². The molecule has 0 bridgehead atoms. The smallest absolute Gasteiger partial charge is 0.335 e. The Morgan fingerprint density at radius 1 is 1.13 bits per heavy atom. The van der Waals surface area contributed by atoms with Gasteiger partial charge in [0.1, 0.15) is 0 Å². The lowest BCUT2D eigenvalue weighted by Crippen LogP contribution is -2.13. The van der Waals surface area contributed by atoms with E-state index in [1.165, 1.54) is 6.07 Å². The molecule has 1 aliphatic carbocycles. The molecule has 1 aliphatic rings. The minimum absolute atomic E-state index is 0.0550. The molecule has 1 heterocycles. The average Bonchev–Trinajstić information content (AvgIpc) is 3.28. The van der Waals surface area contributed by atoms with Crippen molar-refractivity contribution in [3.8, 4) is 17.0 Å². The maximum absolute atomic E-state index is 14.4. The van der Waals surface area contributed by atoms with Crippen LogP contribution in [0.25, 0.3) is 11.3 Å². The van der Waals surface area contributed by atoms with Crippen molar-refractivity contribution in [2.24, 2.45) is 0 Å². The van der Waals surface area contributed by atoms with Crippen molar-refractivity contribution in [2.45, 2.75) is 31.8 Å². The number of carbonyl (C=O) groups is 1. The number of aromatic carboxylic acids is 1. The zero-order chi connectivity index (χ0) is 21.1. The first-order valence-corrected chi connectivity index (χ1v) is 10.0. The quantitative estimate of drug-likeness (QED) is 0.571. The molecule has 4 rings (SSSR count). The number of nitrogens with zero attached hydrogens (tertiary/aromatic N) is 2. The summed E-state index contributed by atoms with van der Waals surface area (Å²) in [5, 5.41) is 9.29. The second kappa shape index (κ2) is 8.53. The van der Waals surface area contributed by atoms with Gasteiger partial charge in [-0.2, -0.15) is 0 Å². The molecule has 30 heavy (non-hydrogen) atoms. The second-order valence-corrected chi connectivity index (χ2v) is 7.46. The van der Waals surface area contributed by atoms with Gasteiger partial charge in [0, 0.05) is 24.5 Å². The molecule has 0 unspecified atom stereocenters. The predicted molar refractivity (Wildman–Crippen MR) is 114 cm³/mol. The van der Waals surface area contributed by atoms with E-state index in [1.807, 2.05) is 30.1 Å². The van der Waals surface area contributed by atoms with Crippen LogP contribution < -0.4 is 9.64 Å². The van der Waals surface area contributed by atoms with Gasteiger partial charge in [0.2, 0.25) is 0 Å². The Labute approximate surface area is 174 Å². The molecule has 6 heteroatoms. The predicted octanol–water partition coefficient (Wildman–Crippen LogP) is 5.68. The Morgan fingerprint density at radius 3 is 2.70 bits per heavy atom. The Kier molecular flexibility index (Phi) is 5.65. The van der Waals surface area contributed by atoms with Crippen molar-refractivity contribution < 1.29 is 19.0 Å². The summed E-state index contributed by atoms with van der Waals surface area (Å²) in [6.45, 7) is 0. The summed E-state index contributed by atoms with van der Waals surface area (Å²) in [6.07, 6.45) is 5.84. The fourth-order valence-corrected chi connectivity index (χ4v) is 3.80. The van der Waals surface area contributed by atoms with Gasteiger partial charge in [-0.1, -0.05) is 6.07 Å². The highest BCUT2D eigenvalue weighted by Gasteiger charge is 2.20. The second-order valence-electron chi connectivity index (χ2n) is 7.46. The van der Waals surface area contributed by atoms with E-state index in [4.69, 9.17) is 4.74 Å². The van der Waals surface area contributed by atoms with Crippen LogP contribution in [0.15, 0.2) is 60.8 Å². The highest BCUT2D eigenvalue weighted by atomic mass is 19.1. The lowest BCUT2D eigenvalue weighted by atomic mass is 10.1. The van der Waals surface area contributed by atoms with E-state index in [-0.39, 0.29) is 23.2 Å². The van der Waals surface area contributed by atoms with Gasteiger partial charge in [-0.3, -0.25) is 4.98 Å². The molecule has 0 saturated heterocycles. The summed E-state index contributed by atoms with van der Waals surface area (Å²) in [5.41, 5.74) is 3.10. The zero-order valence-electron chi connectivity index (χ0n) is 16.7. The molecule has 154 valence electrons. The fraction of sp³-hybridized carbons (Fsp3) is 0.250. The number of ether oxygens (including phenoxy) is 1. The summed E-state index contributed by atoms with van der Waals surface area (Å²) in [7, 11) is 1.85. The van der Waals surface area contributed by atoms with Gasteiger partial charge in [-0.25, -0.2) is 9.18 Å². The van der Waals surface area contributed by atoms with Crippen LogP contribution in [0.2, 0.25) is 0 Å². The highest BCUT2D eigenvalue weighted by Crippen LogP contribution is 2.35. The van der Waals surface area contributed by atoms with Crippen LogP contribution >= 0.6 is 0 Å². The van der Waals surface area contributed by atoms with Crippen molar-refractivity contribution in [1.29, 1.82) is 0 Å². The molecule has 0 spiro atoms. The highest BCUT2D eigenvalue weighted by molar-refractivity contribution is 5.89. The van der Waals surface area contributed by atoms with Crippen LogP contribution in [0.5, 0.6) is 5.75 Å². The number of benzene rings is 2. The number of aromatic nitrogens is 1. The molecule has 0 amide bonds. The van der Waals surface area contributed by atoms with Gasteiger partial charge < -0.3 is 14.7 Å². The first-order valence-electron chi connectivity index (χ1n) is 10.0. The van der Waals surface area contributed by atoms with Crippen molar-refractivity contribution in [2.75, 3.05) is 11.9 Å². The van der Waals surface area contributed by atoms with E-state index in [1.54, 1.807) is 36.5 Å². The molecular weight excluding hydrogens is 383 g/mol. The van der Waals surface area contributed by atoms with Crippen LogP contribution in [0.4, 0.5) is 15.8 Å². The van der Waals surface area contributed by atoms with Gasteiger partial charge in [0.05, 0.1) is 23.0 Å². The third kappa shape index (κ3) is 4.13. The van der Waals surface area contributed by atoms with Crippen LogP contribution in [-0.2, 0) is 0 Å². The summed E-state index contributed by atoms with van der Waals surface area (Å²) in [4.78, 5) is 17.7. The molecule has 2 aromatic carbocycles. The number of hydrogen-bond donors (Lipinski definition) is 1. The molecule has 0 atom stereocenters. The summed E-state index contributed by atoms with van der Waals surface area (Å²) in [6, 6.07) is 15.2. The van der Waals surface area contributed by atoms with Gasteiger partial charge in [0.25, 0.3) is 0 Å². The SMILES string of the molecule is CN(c1cccc(C(=O)O)c1)c1cccnc1-c1ccc(F)c(OC2CCCC2)c1. The Hall–Kier alpha value is -3.41. The Bertz CT molecular complexity index is 1060. The minimum Gasteiger partial charge on any atom is -0.487 e. The maximum Gasteiger partial charge on any atom is 0.335 e. The van der Waals surface area contributed by atoms with Crippen LogP contribution in [0.3, 0.4) is 0 Å². The van der Waals surface area contributed by atoms with E-state index >= 15 is 0 Å². The summed E-state index contributed by atoms with van der Waals surface area (Å²) < 4.78 is 20.3.